The molecular weight excluding hydrogens is 456 g/mol. The molecule has 0 unspecified atom stereocenters. The van der Waals surface area contributed by atoms with Gasteiger partial charge in [0.25, 0.3) is 11.5 Å². The lowest BCUT2D eigenvalue weighted by molar-refractivity contribution is -0.114. The first-order valence-corrected chi connectivity index (χ1v) is 11.3. The average Bonchev–Trinajstić information content (AvgIpc) is 3.16. The van der Waals surface area contributed by atoms with Gasteiger partial charge in [-0.25, -0.2) is 13.9 Å². The predicted molar refractivity (Wildman–Crippen MR) is 139 cm³/mol. The summed E-state index contributed by atoms with van der Waals surface area (Å²) < 4.78 is 2.02. The van der Waals surface area contributed by atoms with Gasteiger partial charge in [0.2, 0.25) is 5.88 Å². The van der Waals surface area contributed by atoms with Crippen LogP contribution in [-0.2, 0) is 4.79 Å². The van der Waals surface area contributed by atoms with E-state index in [1.54, 1.807) is 73.7 Å². The lowest BCUT2D eigenvalue weighted by atomic mass is 10.1. The van der Waals surface area contributed by atoms with Gasteiger partial charge < -0.3 is 5.11 Å². The zero-order valence-electron chi connectivity index (χ0n) is 19.6. The van der Waals surface area contributed by atoms with Crippen molar-refractivity contribution >= 4 is 23.4 Å². The number of hydrazone groups is 1. The molecule has 0 aliphatic carbocycles. The van der Waals surface area contributed by atoms with E-state index in [1.165, 1.54) is 11.1 Å². The molecule has 1 aliphatic heterocycles. The van der Waals surface area contributed by atoms with Crippen molar-refractivity contribution in [2.24, 2.45) is 5.10 Å². The first kappa shape index (κ1) is 22.8. The van der Waals surface area contributed by atoms with Gasteiger partial charge in [-0.2, -0.15) is 10.1 Å². The summed E-state index contributed by atoms with van der Waals surface area (Å²) in [4.78, 5) is 40.4. The van der Waals surface area contributed by atoms with Crippen molar-refractivity contribution in [3.05, 3.63) is 122 Å². The van der Waals surface area contributed by atoms with E-state index >= 15 is 0 Å². The van der Waals surface area contributed by atoms with Crippen molar-refractivity contribution in [2.45, 2.75) is 13.8 Å². The highest BCUT2D eigenvalue weighted by atomic mass is 16.3. The summed E-state index contributed by atoms with van der Waals surface area (Å²) in [6, 6.07) is 24.2. The van der Waals surface area contributed by atoms with Crippen LogP contribution in [0.5, 0.6) is 5.88 Å². The minimum Gasteiger partial charge on any atom is -0.494 e. The number of rotatable bonds is 4. The molecule has 1 N–H and O–H groups in total. The van der Waals surface area contributed by atoms with Gasteiger partial charge >= 0.3 is 5.69 Å². The number of aromatic nitrogens is 2. The van der Waals surface area contributed by atoms with Crippen LogP contribution in [0.1, 0.15) is 18.1 Å². The number of carbonyl (C=O) groups excluding carboxylic acids is 1. The molecule has 8 heteroatoms. The number of anilines is 1. The lowest BCUT2D eigenvalue weighted by Crippen LogP contribution is -2.39. The second-order valence-corrected chi connectivity index (χ2v) is 8.31. The van der Waals surface area contributed by atoms with Gasteiger partial charge in [-0.3, -0.25) is 9.59 Å². The Labute approximate surface area is 206 Å². The number of aromatic hydroxyl groups is 1. The Morgan fingerprint density at radius 2 is 1.31 bits per heavy atom. The van der Waals surface area contributed by atoms with Gasteiger partial charge in [-0.1, -0.05) is 54.6 Å². The van der Waals surface area contributed by atoms with Crippen molar-refractivity contribution in [2.75, 3.05) is 5.01 Å². The van der Waals surface area contributed by atoms with Gasteiger partial charge in [0.15, 0.2) is 0 Å². The summed E-state index contributed by atoms with van der Waals surface area (Å²) in [5.74, 6) is -1.00. The molecule has 5 rings (SSSR count). The largest absolute Gasteiger partial charge is 0.494 e. The molecule has 36 heavy (non-hydrogen) atoms. The minimum absolute atomic E-state index is 0.142. The van der Waals surface area contributed by atoms with Crippen molar-refractivity contribution < 1.29 is 9.90 Å². The molecule has 8 nitrogen and oxygen atoms in total. The highest BCUT2D eigenvalue weighted by Crippen LogP contribution is 2.28. The molecule has 2 heterocycles. The van der Waals surface area contributed by atoms with Crippen LogP contribution in [0.2, 0.25) is 0 Å². The molecule has 0 spiro atoms. The third-order valence-electron chi connectivity index (χ3n) is 5.99. The van der Waals surface area contributed by atoms with Crippen LogP contribution in [0.3, 0.4) is 0 Å². The molecule has 1 aromatic heterocycles. The van der Waals surface area contributed by atoms with Crippen molar-refractivity contribution in [3.63, 3.8) is 0 Å². The van der Waals surface area contributed by atoms with Crippen LogP contribution < -0.4 is 16.3 Å². The first-order valence-electron chi connectivity index (χ1n) is 11.3. The number of hydrogen-bond acceptors (Lipinski definition) is 5. The van der Waals surface area contributed by atoms with Crippen LogP contribution >= 0.6 is 0 Å². The fourth-order valence-corrected chi connectivity index (χ4v) is 4.15. The Kier molecular flexibility index (Phi) is 5.69. The van der Waals surface area contributed by atoms with Crippen molar-refractivity contribution in [1.82, 2.24) is 9.13 Å². The fraction of sp³-hybridized carbons (Fsp3) is 0.0714. The number of nitrogens with zero attached hydrogens (tertiary/aromatic N) is 4. The highest BCUT2D eigenvalue weighted by molar-refractivity contribution is 6.32. The SMILES string of the molecule is CC1=NN(c2ccccc2C)C(=O)/C1=C\c1c(O)n(-c2ccccc2)c(=O)n(-c2ccccc2)c1=O. The van der Waals surface area contributed by atoms with Gasteiger partial charge in [0, 0.05) is 0 Å². The maximum atomic E-state index is 13.6. The molecule has 0 fully saturated rings. The van der Waals surface area contributed by atoms with E-state index in [0.29, 0.717) is 22.8 Å². The molecule has 1 aliphatic rings. The summed E-state index contributed by atoms with van der Waals surface area (Å²) in [7, 11) is 0. The third-order valence-corrected chi connectivity index (χ3v) is 5.99. The standard InChI is InChI=1S/C28H22N4O4/c1-18-11-9-10-16-24(18)32-27(35)22(19(2)29-32)17-23-25(33)30(20-12-5-3-6-13-20)28(36)31(26(23)34)21-14-7-4-8-15-21/h3-17,33H,1-2H3/b22-17-. The third kappa shape index (κ3) is 3.74. The normalized spacial score (nSPS) is 14.4. The monoisotopic (exact) mass is 478 g/mol. The first-order chi connectivity index (χ1) is 17.4. The molecule has 0 radical (unpaired) electrons. The zero-order valence-corrected chi connectivity index (χ0v) is 19.6. The molecule has 4 aromatic rings. The smallest absolute Gasteiger partial charge is 0.343 e. The van der Waals surface area contributed by atoms with E-state index in [9.17, 15) is 19.5 Å². The van der Waals surface area contributed by atoms with Crippen molar-refractivity contribution in [3.8, 4) is 17.3 Å². The molecule has 3 aromatic carbocycles. The maximum Gasteiger partial charge on any atom is 0.343 e. The Hall–Kier alpha value is -4.98. The zero-order chi connectivity index (χ0) is 25.4. The minimum atomic E-state index is -0.752. The molecule has 0 saturated carbocycles. The lowest BCUT2D eigenvalue weighted by Gasteiger charge is -2.15. The molecular formula is C28H22N4O4. The van der Waals surface area contributed by atoms with Gasteiger partial charge in [0.05, 0.1) is 28.3 Å². The fourth-order valence-electron chi connectivity index (χ4n) is 4.15. The molecule has 1 amide bonds. The molecule has 0 atom stereocenters. The van der Waals surface area contributed by atoms with Gasteiger partial charge in [-0.05, 0) is 55.8 Å². The van der Waals surface area contributed by atoms with E-state index in [-0.39, 0.29) is 11.1 Å². The van der Waals surface area contributed by atoms with E-state index in [2.05, 4.69) is 5.10 Å². The average molecular weight is 479 g/mol. The summed E-state index contributed by atoms with van der Waals surface area (Å²) in [5, 5.41) is 16.8. The number of para-hydroxylation sites is 3. The Morgan fingerprint density at radius 3 is 1.92 bits per heavy atom. The van der Waals surface area contributed by atoms with Gasteiger partial charge in [0.1, 0.15) is 5.56 Å². The van der Waals surface area contributed by atoms with E-state index < -0.39 is 23.0 Å². The Bertz CT molecular complexity index is 1670. The van der Waals surface area contributed by atoms with E-state index in [1.807, 2.05) is 25.1 Å². The number of amides is 1. The topological polar surface area (TPSA) is 96.9 Å². The summed E-state index contributed by atoms with van der Waals surface area (Å²) in [5.41, 5.74) is 1.01. The maximum absolute atomic E-state index is 13.6. The highest BCUT2D eigenvalue weighted by Gasteiger charge is 2.31. The molecule has 0 bridgehead atoms. The summed E-state index contributed by atoms with van der Waals surface area (Å²) in [6.45, 7) is 3.53. The van der Waals surface area contributed by atoms with E-state index in [0.717, 1.165) is 14.7 Å². The number of benzene rings is 3. The molecule has 0 saturated heterocycles. The second kappa shape index (κ2) is 8.99. The van der Waals surface area contributed by atoms with Crippen LogP contribution in [0, 0.1) is 6.92 Å². The Balaban J connectivity index is 1.75. The number of carbonyl (C=O) groups is 1. The number of hydrogen-bond donors (Lipinski definition) is 1. The Morgan fingerprint density at radius 1 is 0.750 bits per heavy atom. The van der Waals surface area contributed by atoms with Crippen molar-refractivity contribution in [1.29, 1.82) is 0 Å². The summed E-state index contributed by atoms with van der Waals surface area (Å²) >= 11 is 0. The van der Waals surface area contributed by atoms with Crippen LogP contribution in [-0.4, -0.2) is 25.9 Å². The van der Waals surface area contributed by atoms with E-state index in [4.69, 9.17) is 0 Å². The second-order valence-electron chi connectivity index (χ2n) is 8.31. The van der Waals surface area contributed by atoms with Crippen LogP contribution in [0.25, 0.3) is 17.5 Å². The number of aryl methyl sites for hydroxylation is 1. The predicted octanol–water partition coefficient (Wildman–Crippen LogP) is 3.81. The quantitative estimate of drug-likeness (QED) is 0.451. The molecule has 178 valence electrons. The van der Waals surface area contributed by atoms with Gasteiger partial charge in [-0.15, -0.1) is 0 Å². The summed E-state index contributed by atoms with van der Waals surface area (Å²) in [6.07, 6.45) is 1.30. The van der Waals surface area contributed by atoms with Crippen LogP contribution in [0.4, 0.5) is 5.69 Å². The van der Waals surface area contributed by atoms with Crippen LogP contribution in [0.15, 0.2) is 105 Å².